The number of azide groups is 1. The molecule has 0 saturated carbocycles. The SMILES string of the molecule is Cn1c(N=[N+]=[N-])nc2cc(F)ccc21. The fourth-order valence-corrected chi connectivity index (χ4v) is 1.29. The number of hydrogen-bond donors (Lipinski definition) is 0. The van der Waals surface area contributed by atoms with Gasteiger partial charge in [0.2, 0.25) is 0 Å². The van der Waals surface area contributed by atoms with E-state index >= 15 is 0 Å². The standard InChI is InChI=1S/C8H6FN5/c1-14-7-3-2-5(9)4-6(7)11-8(14)12-13-10/h2-4H,1H3. The Hall–Kier alpha value is -2.07. The molecular formula is C8H6FN5. The largest absolute Gasteiger partial charge is 0.326 e. The van der Waals surface area contributed by atoms with E-state index in [-0.39, 0.29) is 11.8 Å². The number of fused-ring (bicyclic) bond motifs is 1. The van der Waals surface area contributed by atoms with Crippen molar-refractivity contribution < 1.29 is 4.39 Å². The lowest BCUT2D eigenvalue weighted by molar-refractivity contribution is 0.629. The van der Waals surface area contributed by atoms with E-state index in [9.17, 15) is 4.39 Å². The second kappa shape index (κ2) is 3.01. The van der Waals surface area contributed by atoms with Crippen molar-refractivity contribution in [2.45, 2.75) is 0 Å². The number of halogens is 1. The molecule has 1 aromatic heterocycles. The average Bonchev–Trinajstić information content (AvgIpc) is 2.44. The van der Waals surface area contributed by atoms with Gasteiger partial charge < -0.3 is 4.57 Å². The van der Waals surface area contributed by atoms with Crippen LogP contribution in [0.2, 0.25) is 0 Å². The molecule has 0 N–H and O–H groups in total. The van der Waals surface area contributed by atoms with Crippen LogP contribution in [-0.2, 0) is 7.05 Å². The lowest BCUT2D eigenvalue weighted by atomic mass is 10.3. The first kappa shape index (κ1) is 8.52. The summed E-state index contributed by atoms with van der Waals surface area (Å²) in [4.78, 5) is 6.60. The fraction of sp³-hybridized carbons (Fsp3) is 0.125. The monoisotopic (exact) mass is 191 g/mol. The molecule has 0 atom stereocenters. The zero-order chi connectivity index (χ0) is 10.1. The zero-order valence-electron chi connectivity index (χ0n) is 7.35. The molecule has 0 spiro atoms. The summed E-state index contributed by atoms with van der Waals surface area (Å²) >= 11 is 0. The van der Waals surface area contributed by atoms with Gasteiger partial charge in [-0.15, -0.1) is 0 Å². The summed E-state index contributed by atoms with van der Waals surface area (Å²) in [5, 5.41) is 3.38. The summed E-state index contributed by atoms with van der Waals surface area (Å²) in [6.45, 7) is 0. The van der Waals surface area contributed by atoms with Crippen molar-refractivity contribution in [2.24, 2.45) is 12.2 Å². The lowest BCUT2D eigenvalue weighted by Crippen LogP contribution is -1.85. The van der Waals surface area contributed by atoms with Gasteiger partial charge in [-0.05, 0) is 22.8 Å². The summed E-state index contributed by atoms with van der Waals surface area (Å²) in [6.07, 6.45) is 0. The molecule has 1 heterocycles. The third kappa shape index (κ3) is 1.18. The topological polar surface area (TPSA) is 66.6 Å². The molecule has 0 aliphatic carbocycles. The number of rotatable bonds is 1. The summed E-state index contributed by atoms with van der Waals surface area (Å²) < 4.78 is 14.4. The average molecular weight is 191 g/mol. The van der Waals surface area contributed by atoms with Crippen LogP contribution in [0.5, 0.6) is 0 Å². The van der Waals surface area contributed by atoms with E-state index in [0.717, 1.165) is 5.52 Å². The van der Waals surface area contributed by atoms with Crippen LogP contribution in [0.15, 0.2) is 23.3 Å². The Bertz CT molecular complexity index is 538. The number of imidazole rings is 1. The minimum atomic E-state index is -0.358. The normalized spacial score (nSPS) is 10.1. The van der Waals surface area contributed by atoms with Crippen LogP contribution in [0.4, 0.5) is 10.3 Å². The summed E-state index contributed by atoms with van der Waals surface area (Å²) in [5.41, 5.74) is 9.47. The summed E-state index contributed by atoms with van der Waals surface area (Å²) in [5.74, 6) is -0.129. The highest BCUT2D eigenvalue weighted by Crippen LogP contribution is 2.20. The van der Waals surface area contributed by atoms with Gasteiger partial charge in [0.05, 0.1) is 11.0 Å². The van der Waals surface area contributed by atoms with Crippen LogP contribution in [0, 0.1) is 5.82 Å². The second-order valence-electron chi connectivity index (χ2n) is 2.79. The highest BCUT2D eigenvalue weighted by molar-refractivity contribution is 5.77. The quantitative estimate of drug-likeness (QED) is 0.388. The molecule has 0 bridgehead atoms. The van der Waals surface area contributed by atoms with E-state index in [1.165, 1.54) is 12.1 Å². The van der Waals surface area contributed by atoms with Gasteiger partial charge in [0.15, 0.2) is 5.95 Å². The second-order valence-corrected chi connectivity index (χ2v) is 2.79. The molecule has 0 aliphatic heterocycles. The summed E-state index contributed by atoms with van der Waals surface area (Å²) in [7, 11) is 1.71. The molecule has 14 heavy (non-hydrogen) atoms. The van der Waals surface area contributed by atoms with Crippen LogP contribution in [-0.4, -0.2) is 9.55 Å². The van der Waals surface area contributed by atoms with Gasteiger partial charge in [0.1, 0.15) is 5.82 Å². The minimum absolute atomic E-state index is 0.230. The number of benzene rings is 1. The first-order chi connectivity index (χ1) is 6.72. The number of nitrogens with zero attached hydrogens (tertiary/aromatic N) is 5. The van der Waals surface area contributed by atoms with E-state index in [1.807, 2.05) is 0 Å². The van der Waals surface area contributed by atoms with Gasteiger partial charge in [-0.2, -0.15) is 0 Å². The van der Waals surface area contributed by atoms with Crippen molar-refractivity contribution in [1.29, 1.82) is 0 Å². The highest BCUT2D eigenvalue weighted by atomic mass is 19.1. The Morgan fingerprint density at radius 1 is 1.57 bits per heavy atom. The van der Waals surface area contributed by atoms with E-state index in [2.05, 4.69) is 15.0 Å². The fourth-order valence-electron chi connectivity index (χ4n) is 1.29. The van der Waals surface area contributed by atoms with Crippen molar-refractivity contribution in [2.75, 3.05) is 0 Å². The van der Waals surface area contributed by atoms with Crippen molar-refractivity contribution in [3.8, 4) is 0 Å². The molecule has 0 unspecified atom stereocenters. The third-order valence-electron chi connectivity index (χ3n) is 1.95. The van der Waals surface area contributed by atoms with Crippen LogP contribution in [0.25, 0.3) is 21.5 Å². The highest BCUT2D eigenvalue weighted by Gasteiger charge is 2.05. The van der Waals surface area contributed by atoms with Crippen molar-refractivity contribution >= 4 is 17.0 Å². The molecule has 1 aromatic carbocycles. The maximum absolute atomic E-state index is 12.8. The Balaban J connectivity index is 2.79. The third-order valence-corrected chi connectivity index (χ3v) is 1.95. The molecule has 0 radical (unpaired) electrons. The van der Waals surface area contributed by atoms with Gasteiger partial charge >= 0.3 is 0 Å². The van der Waals surface area contributed by atoms with Crippen molar-refractivity contribution in [3.05, 3.63) is 34.5 Å². The predicted octanol–water partition coefficient (Wildman–Crippen LogP) is 2.65. The van der Waals surface area contributed by atoms with Gasteiger partial charge in [0.25, 0.3) is 0 Å². The smallest absolute Gasteiger partial charge is 0.197 e. The van der Waals surface area contributed by atoms with E-state index < -0.39 is 0 Å². The van der Waals surface area contributed by atoms with Gasteiger partial charge in [0, 0.05) is 18.0 Å². The van der Waals surface area contributed by atoms with E-state index in [0.29, 0.717) is 5.52 Å². The predicted molar refractivity (Wildman–Crippen MR) is 49.5 cm³/mol. The number of hydrogen-bond acceptors (Lipinski definition) is 2. The number of aromatic nitrogens is 2. The first-order valence-corrected chi connectivity index (χ1v) is 3.89. The molecule has 0 saturated heterocycles. The van der Waals surface area contributed by atoms with Crippen LogP contribution >= 0.6 is 0 Å². The molecule has 0 fully saturated rings. The molecule has 2 rings (SSSR count). The van der Waals surface area contributed by atoms with E-state index in [4.69, 9.17) is 5.53 Å². The Kier molecular flexibility index (Phi) is 1.83. The van der Waals surface area contributed by atoms with Crippen molar-refractivity contribution in [1.82, 2.24) is 9.55 Å². The first-order valence-electron chi connectivity index (χ1n) is 3.89. The van der Waals surface area contributed by atoms with Crippen molar-refractivity contribution in [3.63, 3.8) is 0 Å². The Morgan fingerprint density at radius 3 is 3.07 bits per heavy atom. The lowest BCUT2D eigenvalue weighted by Gasteiger charge is -1.94. The summed E-state index contributed by atoms with van der Waals surface area (Å²) in [6, 6.07) is 4.23. The molecular weight excluding hydrogens is 185 g/mol. The zero-order valence-corrected chi connectivity index (χ0v) is 7.35. The maximum atomic E-state index is 12.8. The molecule has 0 amide bonds. The Morgan fingerprint density at radius 2 is 2.36 bits per heavy atom. The Labute approximate surface area is 78.4 Å². The van der Waals surface area contributed by atoms with Crippen LogP contribution < -0.4 is 0 Å². The van der Waals surface area contributed by atoms with Gasteiger partial charge in [-0.25, -0.2) is 9.37 Å². The molecule has 0 aliphatic rings. The van der Waals surface area contributed by atoms with Gasteiger partial charge in [-0.1, -0.05) is 0 Å². The molecule has 5 nitrogen and oxygen atoms in total. The van der Waals surface area contributed by atoms with Gasteiger partial charge in [-0.3, -0.25) is 0 Å². The van der Waals surface area contributed by atoms with E-state index in [1.54, 1.807) is 17.7 Å². The van der Waals surface area contributed by atoms with Crippen LogP contribution in [0.3, 0.4) is 0 Å². The van der Waals surface area contributed by atoms with Crippen LogP contribution in [0.1, 0.15) is 0 Å². The minimum Gasteiger partial charge on any atom is -0.326 e. The molecule has 70 valence electrons. The molecule has 6 heteroatoms. The number of aryl methyl sites for hydroxylation is 1. The molecule has 2 aromatic rings. The maximum Gasteiger partial charge on any atom is 0.197 e.